The lowest BCUT2D eigenvalue weighted by Crippen LogP contribution is -2.14. The summed E-state index contributed by atoms with van der Waals surface area (Å²) in [6.45, 7) is 2.72. The van der Waals surface area contributed by atoms with E-state index in [4.69, 9.17) is 0 Å². The lowest BCUT2D eigenvalue weighted by Gasteiger charge is -2.07. The first-order valence-electron chi connectivity index (χ1n) is 5.92. The molecule has 7 heteroatoms. The van der Waals surface area contributed by atoms with Gasteiger partial charge >= 0.3 is 0 Å². The van der Waals surface area contributed by atoms with Crippen molar-refractivity contribution in [2.24, 2.45) is 0 Å². The molecule has 0 aliphatic carbocycles. The third-order valence-corrected chi connectivity index (χ3v) is 3.57. The van der Waals surface area contributed by atoms with Crippen molar-refractivity contribution in [2.75, 3.05) is 17.2 Å². The van der Waals surface area contributed by atoms with Gasteiger partial charge in [-0.3, -0.25) is 4.79 Å². The van der Waals surface area contributed by atoms with E-state index in [0.717, 1.165) is 15.5 Å². The van der Waals surface area contributed by atoms with E-state index in [1.807, 2.05) is 19.1 Å². The van der Waals surface area contributed by atoms with E-state index < -0.39 is 0 Å². The first-order chi connectivity index (χ1) is 9.60. The van der Waals surface area contributed by atoms with Gasteiger partial charge in [0.1, 0.15) is 11.5 Å². The molecule has 1 heterocycles. The Kier molecular flexibility index (Phi) is 5.08. The second-order valence-corrected chi connectivity index (χ2v) is 5.67. The van der Waals surface area contributed by atoms with Gasteiger partial charge in [-0.25, -0.2) is 9.97 Å². The minimum atomic E-state index is -0.302. The van der Waals surface area contributed by atoms with Crippen LogP contribution in [0.25, 0.3) is 0 Å². The van der Waals surface area contributed by atoms with E-state index in [-0.39, 0.29) is 11.6 Å². The molecule has 0 aliphatic rings. The largest absolute Gasteiger partial charge is 0.369 e. The SMILES string of the molecule is CCNc1cnc(C(=O)Nc2ccc(Br)cc2Br)cn1. The van der Waals surface area contributed by atoms with Crippen LogP contribution in [-0.2, 0) is 0 Å². The fourth-order valence-corrected chi connectivity index (χ4v) is 2.64. The van der Waals surface area contributed by atoms with Crippen molar-refractivity contribution >= 4 is 49.3 Å². The summed E-state index contributed by atoms with van der Waals surface area (Å²) >= 11 is 6.75. The Bertz CT molecular complexity index is 616. The quantitative estimate of drug-likeness (QED) is 0.822. The highest BCUT2D eigenvalue weighted by Crippen LogP contribution is 2.26. The number of hydrogen-bond acceptors (Lipinski definition) is 4. The number of benzene rings is 1. The summed E-state index contributed by atoms with van der Waals surface area (Å²) in [4.78, 5) is 20.2. The molecule has 0 unspecified atom stereocenters. The van der Waals surface area contributed by atoms with E-state index in [0.29, 0.717) is 11.5 Å². The van der Waals surface area contributed by atoms with Gasteiger partial charge in [0.05, 0.1) is 18.1 Å². The van der Waals surface area contributed by atoms with Gasteiger partial charge in [-0.15, -0.1) is 0 Å². The van der Waals surface area contributed by atoms with Crippen molar-refractivity contribution in [3.8, 4) is 0 Å². The number of anilines is 2. The van der Waals surface area contributed by atoms with Gasteiger partial charge in [0.15, 0.2) is 0 Å². The number of nitrogens with zero attached hydrogens (tertiary/aromatic N) is 2. The molecule has 0 bridgehead atoms. The highest BCUT2D eigenvalue weighted by atomic mass is 79.9. The number of amides is 1. The summed E-state index contributed by atoms with van der Waals surface area (Å²) in [7, 11) is 0. The van der Waals surface area contributed by atoms with Crippen molar-refractivity contribution in [1.29, 1.82) is 0 Å². The first kappa shape index (κ1) is 14.9. The topological polar surface area (TPSA) is 66.9 Å². The van der Waals surface area contributed by atoms with Crippen LogP contribution in [-0.4, -0.2) is 22.4 Å². The molecule has 0 fully saturated rings. The Morgan fingerprint density at radius 3 is 2.65 bits per heavy atom. The maximum absolute atomic E-state index is 12.1. The van der Waals surface area contributed by atoms with Crippen molar-refractivity contribution in [1.82, 2.24) is 9.97 Å². The number of carbonyl (C=O) groups excluding carboxylic acids is 1. The normalized spacial score (nSPS) is 10.2. The van der Waals surface area contributed by atoms with Gasteiger partial charge in [-0.05, 0) is 41.1 Å². The van der Waals surface area contributed by atoms with Crippen LogP contribution in [0.1, 0.15) is 17.4 Å². The molecule has 0 atom stereocenters. The summed E-state index contributed by atoms with van der Waals surface area (Å²) in [6, 6.07) is 5.50. The smallest absolute Gasteiger partial charge is 0.275 e. The zero-order chi connectivity index (χ0) is 14.5. The fourth-order valence-electron chi connectivity index (χ4n) is 1.49. The standard InChI is InChI=1S/C13H12Br2N4O/c1-2-16-12-7-17-11(6-18-12)13(20)19-10-4-3-8(14)5-9(10)15/h3-7H,2H2,1H3,(H,16,18)(H,19,20). The lowest BCUT2D eigenvalue weighted by atomic mass is 10.3. The Hall–Kier alpha value is -1.47. The number of rotatable bonds is 4. The Morgan fingerprint density at radius 2 is 2.05 bits per heavy atom. The zero-order valence-electron chi connectivity index (χ0n) is 10.7. The Labute approximate surface area is 133 Å². The van der Waals surface area contributed by atoms with E-state index in [1.165, 1.54) is 12.4 Å². The molecular formula is C13H12Br2N4O. The fraction of sp³-hybridized carbons (Fsp3) is 0.154. The molecule has 20 heavy (non-hydrogen) atoms. The molecule has 0 spiro atoms. The lowest BCUT2D eigenvalue weighted by molar-refractivity contribution is 0.102. The van der Waals surface area contributed by atoms with Gasteiger partial charge in [-0.2, -0.15) is 0 Å². The average molecular weight is 400 g/mol. The number of aromatic nitrogens is 2. The summed E-state index contributed by atoms with van der Waals surface area (Å²) in [6.07, 6.45) is 2.98. The molecular weight excluding hydrogens is 388 g/mol. The molecule has 0 saturated carbocycles. The van der Waals surface area contributed by atoms with E-state index >= 15 is 0 Å². The Balaban J connectivity index is 2.11. The second-order valence-electron chi connectivity index (χ2n) is 3.90. The molecule has 0 aliphatic heterocycles. The van der Waals surface area contributed by atoms with Gasteiger partial charge in [-0.1, -0.05) is 15.9 Å². The monoisotopic (exact) mass is 398 g/mol. The molecule has 5 nitrogen and oxygen atoms in total. The van der Waals surface area contributed by atoms with Crippen LogP contribution >= 0.6 is 31.9 Å². The molecule has 104 valence electrons. The summed E-state index contributed by atoms with van der Waals surface area (Å²) < 4.78 is 1.72. The van der Waals surface area contributed by atoms with Crippen LogP contribution in [0.4, 0.5) is 11.5 Å². The van der Waals surface area contributed by atoms with Crippen molar-refractivity contribution in [2.45, 2.75) is 6.92 Å². The predicted molar refractivity (Wildman–Crippen MR) is 86.0 cm³/mol. The number of halogens is 2. The third-order valence-electron chi connectivity index (χ3n) is 2.42. The van der Waals surface area contributed by atoms with Crippen molar-refractivity contribution < 1.29 is 4.79 Å². The van der Waals surface area contributed by atoms with Gasteiger partial charge in [0, 0.05) is 15.5 Å². The second kappa shape index (κ2) is 6.81. The molecule has 1 aromatic heterocycles. The molecule has 2 N–H and O–H groups in total. The van der Waals surface area contributed by atoms with Crippen LogP contribution in [0.5, 0.6) is 0 Å². The van der Waals surface area contributed by atoms with Crippen LogP contribution < -0.4 is 10.6 Å². The number of hydrogen-bond donors (Lipinski definition) is 2. The molecule has 2 rings (SSSR count). The predicted octanol–water partition coefficient (Wildman–Crippen LogP) is 3.69. The first-order valence-corrected chi connectivity index (χ1v) is 7.51. The number of nitrogens with one attached hydrogen (secondary N) is 2. The van der Waals surface area contributed by atoms with Crippen molar-refractivity contribution in [3.63, 3.8) is 0 Å². The minimum absolute atomic E-state index is 0.265. The maximum atomic E-state index is 12.1. The van der Waals surface area contributed by atoms with E-state index in [9.17, 15) is 4.79 Å². The molecule has 1 amide bonds. The van der Waals surface area contributed by atoms with Crippen molar-refractivity contribution in [3.05, 3.63) is 45.2 Å². The third kappa shape index (κ3) is 3.77. The van der Waals surface area contributed by atoms with Crippen LogP contribution in [0.2, 0.25) is 0 Å². The maximum Gasteiger partial charge on any atom is 0.275 e. The highest BCUT2D eigenvalue weighted by molar-refractivity contribution is 9.11. The number of carbonyl (C=O) groups is 1. The van der Waals surface area contributed by atoms with Gasteiger partial charge < -0.3 is 10.6 Å². The summed E-state index contributed by atoms with van der Waals surface area (Å²) in [5.74, 6) is 0.345. The molecule has 0 saturated heterocycles. The van der Waals surface area contributed by atoms with Crippen LogP contribution in [0.15, 0.2) is 39.5 Å². The van der Waals surface area contributed by atoms with E-state index in [2.05, 4.69) is 52.5 Å². The molecule has 1 aromatic carbocycles. The summed E-state index contributed by atoms with van der Waals surface area (Å²) in [5, 5.41) is 5.80. The average Bonchev–Trinajstić information content (AvgIpc) is 2.43. The zero-order valence-corrected chi connectivity index (χ0v) is 13.8. The Morgan fingerprint density at radius 1 is 1.25 bits per heavy atom. The van der Waals surface area contributed by atoms with Gasteiger partial charge in [0.2, 0.25) is 0 Å². The molecule has 0 radical (unpaired) electrons. The van der Waals surface area contributed by atoms with Gasteiger partial charge in [0.25, 0.3) is 5.91 Å². The van der Waals surface area contributed by atoms with Crippen LogP contribution in [0.3, 0.4) is 0 Å². The summed E-state index contributed by atoms with van der Waals surface area (Å²) in [5.41, 5.74) is 0.942. The molecule has 2 aromatic rings. The van der Waals surface area contributed by atoms with E-state index in [1.54, 1.807) is 6.07 Å². The highest BCUT2D eigenvalue weighted by Gasteiger charge is 2.10. The van der Waals surface area contributed by atoms with Crippen LogP contribution in [0, 0.1) is 0 Å². The minimum Gasteiger partial charge on any atom is -0.369 e.